The molecule has 2 aliphatic heterocycles. The van der Waals surface area contributed by atoms with E-state index in [-0.39, 0.29) is 35.7 Å². The first-order valence-electron chi connectivity index (χ1n) is 10.7. The molecule has 2 heterocycles. The number of aryl methyl sites for hydroxylation is 1. The number of ether oxygens (including phenoxy) is 1. The molecule has 0 saturated carbocycles. The fourth-order valence-electron chi connectivity index (χ4n) is 3.98. The van der Waals surface area contributed by atoms with Gasteiger partial charge in [-0.05, 0) is 69.0 Å². The molecule has 2 aromatic rings. The number of rotatable bonds is 4. The number of fused-ring (bicyclic) bond motifs is 1. The standard InChI is InChI=1S/C23H27N3O5S/c1-14-5-4-6-19(15(14)2)24-23(28)17-9-11-26(12-10-17)32(29,30)18-7-8-21-20(13-18)25-22(27)16(3)31-21/h4-8,13,16-17H,9-12H2,1-3H3,(H,24,28)(H,25,27)/t16-/m1/s1. The normalized spacial score (nSPS) is 19.6. The van der Waals surface area contributed by atoms with Gasteiger partial charge in [-0.1, -0.05) is 12.1 Å². The molecule has 0 aromatic heterocycles. The molecule has 8 nitrogen and oxygen atoms in total. The largest absolute Gasteiger partial charge is 0.479 e. The fraction of sp³-hybridized carbons (Fsp3) is 0.391. The molecule has 4 rings (SSSR count). The number of benzene rings is 2. The highest BCUT2D eigenvalue weighted by Crippen LogP contribution is 2.33. The predicted octanol–water partition coefficient (Wildman–Crippen LogP) is 3.06. The number of piperidine rings is 1. The van der Waals surface area contributed by atoms with E-state index in [4.69, 9.17) is 4.74 Å². The molecule has 2 aliphatic rings. The summed E-state index contributed by atoms with van der Waals surface area (Å²) in [5, 5.41) is 5.67. The number of carbonyl (C=O) groups excluding carboxylic acids is 2. The number of nitrogens with zero attached hydrogens (tertiary/aromatic N) is 1. The smallest absolute Gasteiger partial charge is 0.265 e. The first-order chi connectivity index (χ1) is 15.2. The van der Waals surface area contributed by atoms with E-state index < -0.39 is 16.1 Å². The molecule has 1 fully saturated rings. The lowest BCUT2D eigenvalue weighted by Gasteiger charge is -2.31. The summed E-state index contributed by atoms with van der Waals surface area (Å²) in [5.74, 6) is -0.210. The average molecular weight is 458 g/mol. The minimum Gasteiger partial charge on any atom is -0.479 e. The third kappa shape index (κ3) is 4.22. The Bertz CT molecular complexity index is 1170. The zero-order valence-corrected chi connectivity index (χ0v) is 19.2. The molecule has 32 heavy (non-hydrogen) atoms. The second-order valence-corrected chi connectivity index (χ2v) is 10.3. The summed E-state index contributed by atoms with van der Waals surface area (Å²) in [6.45, 7) is 6.10. The molecule has 170 valence electrons. The first kappa shape index (κ1) is 22.3. The van der Waals surface area contributed by atoms with Gasteiger partial charge in [-0.25, -0.2) is 8.42 Å². The van der Waals surface area contributed by atoms with Crippen molar-refractivity contribution in [3.8, 4) is 5.75 Å². The van der Waals surface area contributed by atoms with Crippen LogP contribution in [0.5, 0.6) is 5.75 Å². The molecular weight excluding hydrogens is 430 g/mol. The minimum absolute atomic E-state index is 0.0847. The van der Waals surface area contributed by atoms with E-state index in [0.29, 0.717) is 24.3 Å². The maximum Gasteiger partial charge on any atom is 0.265 e. The zero-order valence-electron chi connectivity index (χ0n) is 18.3. The van der Waals surface area contributed by atoms with E-state index in [0.717, 1.165) is 16.8 Å². The Morgan fingerprint density at radius 1 is 1.16 bits per heavy atom. The Morgan fingerprint density at radius 3 is 2.59 bits per heavy atom. The summed E-state index contributed by atoms with van der Waals surface area (Å²) in [5.41, 5.74) is 3.26. The Hall–Kier alpha value is -2.91. The van der Waals surface area contributed by atoms with Gasteiger partial charge >= 0.3 is 0 Å². The molecular formula is C23H27N3O5S. The number of hydrogen-bond donors (Lipinski definition) is 2. The van der Waals surface area contributed by atoms with Gasteiger partial charge in [0.25, 0.3) is 5.91 Å². The second kappa shape index (κ2) is 8.55. The number of carbonyl (C=O) groups is 2. The van der Waals surface area contributed by atoms with Gasteiger partial charge in [-0.2, -0.15) is 4.31 Å². The molecule has 0 unspecified atom stereocenters. The first-order valence-corrected chi connectivity index (χ1v) is 12.1. The third-order valence-electron chi connectivity index (χ3n) is 6.21. The van der Waals surface area contributed by atoms with Gasteiger partial charge < -0.3 is 15.4 Å². The lowest BCUT2D eigenvalue weighted by molar-refractivity contribution is -0.123. The number of nitrogens with one attached hydrogen (secondary N) is 2. The van der Waals surface area contributed by atoms with Crippen LogP contribution < -0.4 is 15.4 Å². The summed E-state index contributed by atoms with van der Waals surface area (Å²) in [7, 11) is -3.75. The molecule has 2 amide bonds. The fourth-order valence-corrected chi connectivity index (χ4v) is 5.47. The van der Waals surface area contributed by atoms with Crippen LogP contribution in [0.4, 0.5) is 11.4 Å². The topological polar surface area (TPSA) is 105 Å². The molecule has 0 spiro atoms. The molecule has 2 aromatic carbocycles. The van der Waals surface area contributed by atoms with Crippen molar-refractivity contribution >= 4 is 33.2 Å². The summed E-state index contributed by atoms with van der Waals surface area (Å²) in [4.78, 5) is 24.7. The number of hydrogen-bond acceptors (Lipinski definition) is 5. The summed E-state index contributed by atoms with van der Waals surface area (Å²) in [6.07, 6.45) is 0.259. The van der Waals surface area contributed by atoms with Crippen LogP contribution in [0.2, 0.25) is 0 Å². The second-order valence-electron chi connectivity index (χ2n) is 8.32. The van der Waals surface area contributed by atoms with Crippen molar-refractivity contribution in [2.75, 3.05) is 23.7 Å². The van der Waals surface area contributed by atoms with Crippen LogP contribution in [0.25, 0.3) is 0 Å². The van der Waals surface area contributed by atoms with Crippen LogP contribution in [-0.2, 0) is 19.6 Å². The Balaban J connectivity index is 1.42. The zero-order chi connectivity index (χ0) is 23.0. The maximum absolute atomic E-state index is 13.1. The van der Waals surface area contributed by atoms with E-state index in [1.165, 1.54) is 16.4 Å². The minimum atomic E-state index is -3.75. The highest BCUT2D eigenvalue weighted by molar-refractivity contribution is 7.89. The molecule has 1 saturated heterocycles. The Morgan fingerprint density at radius 2 is 1.88 bits per heavy atom. The molecule has 1 atom stereocenters. The molecule has 2 N–H and O–H groups in total. The van der Waals surface area contributed by atoms with Crippen molar-refractivity contribution in [1.29, 1.82) is 0 Å². The van der Waals surface area contributed by atoms with Crippen molar-refractivity contribution < 1.29 is 22.7 Å². The van der Waals surface area contributed by atoms with E-state index in [2.05, 4.69) is 10.6 Å². The summed E-state index contributed by atoms with van der Waals surface area (Å²) < 4.78 is 33.2. The lowest BCUT2D eigenvalue weighted by Crippen LogP contribution is -2.41. The van der Waals surface area contributed by atoms with Crippen LogP contribution in [-0.4, -0.2) is 43.7 Å². The summed E-state index contributed by atoms with van der Waals surface area (Å²) in [6, 6.07) is 10.2. The van der Waals surface area contributed by atoms with Gasteiger partial charge in [-0.3, -0.25) is 9.59 Å². The number of amides is 2. The van der Waals surface area contributed by atoms with Crippen LogP contribution in [0.3, 0.4) is 0 Å². The highest BCUT2D eigenvalue weighted by atomic mass is 32.2. The van der Waals surface area contributed by atoms with E-state index in [1.54, 1.807) is 13.0 Å². The predicted molar refractivity (Wildman–Crippen MR) is 121 cm³/mol. The van der Waals surface area contributed by atoms with Crippen molar-refractivity contribution in [2.24, 2.45) is 5.92 Å². The van der Waals surface area contributed by atoms with E-state index in [1.807, 2.05) is 32.0 Å². The molecule has 0 aliphatic carbocycles. The van der Waals surface area contributed by atoms with Crippen molar-refractivity contribution in [3.63, 3.8) is 0 Å². The summed E-state index contributed by atoms with van der Waals surface area (Å²) >= 11 is 0. The third-order valence-corrected chi connectivity index (χ3v) is 8.10. The van der Waals surface area contributed by atoms with Gasteiger partial charge in [-0.15, -0.1) is 0 Å². The van der Waals surface area contributed by atoms with Crippen molar-refractivity contribution in [3.05, 3.63) is 47.5 Å². The van der Waals surface area contributed by atoms with Gasteiger partial charge in [0, 0.05) is 24.7 Å². The van der Waals surface area contributed by atoms with Gasteiger partial charge in [0.15, 0.2) is 6.10 Å². The Labute approximate surface area is 188 Å². The SMILES string of the molecule is Cc1cccc(NC(=O)C2CCN(S(=O)(=O)c3ccc4c(c3)NC(=O)[C@@H](C)O4)CC2)c1C. The molecule has 9 heteroatoms. The van der Waals surface area contributed by atoms with Gasteiger partial charge in [0.2, 0.25) is 15.9 Å². The number of sulfonamides is 1. The van der Waals surface area contributed by atoms with Crippen molar-refractivity contribution in [2.45, 2.75) is 44.6 Å². The maximum atomic E-state index is 13.1. The quantitative estimate of drug-likeness (QED) is 0.734. The van der Waals surface area contributed by atoms with Gasteiger partial charge in [0.1, 0.15) is 5.75 Å². The average Bonchev–Trinajstić information content (AvgIpc) is 2.77. The van der Waals surface area contributed by atoms with Crippen molar-refractivity contribution in [1.82, 2.24) is 4.31 Å². The van der Waals surface area contributed by atoms with E-state index >= 15 is 0 Å². The van der Waals surface area contributed by atoms with Crippen LogP contribution >= 0.6 is 0 Å². The monoisotopic (exact) mass is 457 g/mol. The van der Waals surface area contributed by atoms with E-state index in [9.17, 15) is 18.0 Å². The van der Waals surface area contributed by atoms with Crippen LogP contribution in [0, 0.1) is 19.8 Å². The van der Waals surface area contributed by atoms with Gasteiger partial charge in [0.05, 0.1) is 10.6 Å². The lowest BCUT2D eigenvalue weighted by atomic mass is 9.97. The molecule has 0 radical (unpaired) electrons. The highest BCUT2D eigenvalue weighted by Gasteiger charge is 2.33. The number of anilines is 2. The van der Waals surface area contributed by atoms with Crippen LogP contribution in [0.15, 0.2) is 41.3 Å². The molecule has 0 bridgehead atoms. The van der Waals surface area contributed by atoms with Crippen LogP contribution in [0.1, 0.15) is 30.9 Å². The Kier molecular flexibility index (Phi) is 5.96.